The van der Waals surface area contributed by atoms with E-state index in [1.807, 2.05) is 12.1 Å². The fourth-order valence-electron chi connectivity index (χ4n) is 4.57. The molecule has 0 aliphatic carbocycles. The number of halogens is 1. The molecule has 0 amide bonds. The molecule has 3 heterocycles. The highest BCUT2D eigenvalue weighted by Crippen LogP contribution is 2.34. The van der Waals surface area contributed by atoms with Gasteiger partial charge in [0.05, 0.1) is 22.3 Å². The number of anilines is 2. The van der Waals surface area contributed by atoms with Crippen LogP contribution >= 0.6 is 11.6 Å². The average molecular weight is 435 g/mol. The number of nitrogens with zero attached hydrogens (tertiary/aromatic N) is 4. The van der Waals surface area contributed by atoms with Crippen LogP contribution in [0.15, 0.2) is 41.6 Å². The van der Waals surface area contributed by atoms with E-state index in [1.165, 1.54) is 31.9 Å². The van der Waals surface area contributed by atoms with E-state index >= 15 is 0 Å². The summed E-state index contributed by atoms with van der Waals surface area (Å²) in [6, 6.07) is 7.29. The first-order valence-electron chi connectivity index (χ1n) is 10.2. The lowest BCUT2D eigenvalue weighted by Crippen LogP contribution is -2.41. The third-order valence-corrected chi connectivity index (χ3v) is 7.59. The summed E-state index contributed by atoms with van der Waals surface area (Å²) in [5.74, 6) is 2.29. The van der Waals surface area contributed by atoms with Crippen molar-refractivity contribution >= 4 is 33.1 Å². The summed E-state index contributed by atoms with van der Waals surface area (Å²) in [4.78, 5) is 13.7. The number of aromatic nitrogens is 2. The van der Waals surface area contributed by atoms with Gasteiger partial charge in [0.1, 0.15) is 0 Å². The first-order valence-corrected chi connectivity index (χ1v) is 12.4. The lowest BCUT2D eigenvalue weighted by atomic mass is 9.79. The van der Waals surface area contributed by atoms with Crippen molar-refractivity contribution < 1.29 is 8.42 Å². The molecule has 2 aromatic rings. The van der Waals surface area contributed by atoms with Crippen molar-refractivity contribution in [1.29, 1.82) is 0 Å². The highest BCUT2D eigenvalue weighted by molar-refractivity contribution is 7.90. The molecule has 1 aromatic carbocycles. The summed E-state index contributed by atoms with van der Waals surface area (Å²) in [7, 11) is -3.14. The van der Waals surface area contributed by atoms with Crippen molar-refractivity contribution in [1.82, 2.24) is 9.97 Å². The molecule has 0 bridgehead atoms. The third-order valence-electron chi connectivity index (χ3n) is 6.27. The number of hydrogen-bond donors (Lipinski definition) is 0. The lowest BCUT2D eigenvalue weighted by Gasteiger charge is -2.40. The number of benzene rings is 1. The normalized spacial score (nSPS) is 19.5. The van der Waals surface area contributed by atoms with E-state index in [-0.39, 0.29) is 0 Å². The second kappa shape index (κ2) is 8.48. The molecule has 156 valence electrons. The fourth-order valence-corrected chi connectivity index (χ4v) is 5.30. The minimum Gasteiger partial charge on any atom is -0.372 e. The average Bonchev–Trinajstić information content (AvgIpc) is 2.74. The predicted octanol–water partition coefficient (Wildman–Crippen LogP) is 3.67. The quantitative estimate of drug-likeness (QED) is 0.731. The Balaban J connectivity index is 1.28. The summed E-state index contributed by atoms with van der Waals surface area (Å²) in [5, 5.41) is 0.571. The van der Waals surface area contributed by atoms with Crippen molar-refractivity contribution in [3.63, 3.8) is 0 Å². The van der Waals surface area contributed by atoms with Gasteiger partial charge in [-0.15, -0.1) is 0 Å². The highest BCUT2D eigenvalue weighted by atomic mass is 35.5. The van der Waals surface area contributed by atoms with Gasteiger partial charge in [-0.3, -0.25) is 0 Å². The van der Waals surface area contributed by atoms with Gasteiger partial charge in [0.15, 0.2) is 9.84 Å². The van der Waals surface area contributed by atoms with Crippen molar-refractivity contribution in [3.8, 4) is 0 Å². The van der Waals surface area contributed by atoms with Gasteiger partial charge >= 0.3 is 0 Å². The monoisotopic (exact) mass is 434 g/mol. The Morgan fingerprint density at radius 3 is 1.83 bits per heavy atom. The molecule has 0 unspecified atom stereocenters. The smallest absolute Gasteiger partial charge is 0.225 e. The molecule has 29 heavy (non-hydrogen) atoms. The van der Waals surface area contributed by atoms with Gasteiger partial charge in [-0.05, 0) is 61.8 Å². The van der Waals surface area contributed by atoms with Gasteiger partial charge < -0.3 is 9.80 Å². The maximum Gasteiger partial charge on any atom is 0.225 e. The molecule has 0 spiro atoms. The van der Waals surface area contributed by atoms with E-state index in [9.17, 15) is 8.42 Å². The Kier molecular flexibility index (Phi) is 5.97. The van der Waals surface area contributed by atoms with Gasteiger partial charge in [-0.2, -0.15) is 0 Å². The molecule has 2 aliphatic heterocycles. The van der Waals surface area contributed by atoms with E-state index < -0.39 is 9.84 Å². The number of hydrogen-bond acceptors (Lipinski definition) is 6. The SMILES string of the molecule is CS(=O)(=O)c1ccc(N2CCC(C3CCN(c4ncc(Cl)cn4)CC3)CC2)cc1. The third kappa shape index (κ3) is 4.83. The minimum absolute atomic E-state index is 0.382. The molecular weight excluding hydrogens is 408 g/mol. The van der Waals surface area contributed by atoms with Crippen molar-refractivity contribution in [3.05, 3.63) is 41.7 Å². The Morgan fingerprint density at radius 1 is 0.862 bits per heavy atom. The van der Waals surface area contributed by atoms with Crippen LogP contribution < -0.4 is 9.80 Å². The second-order valence-electron chi connectivity index (χ2n) is 8.12. The van der Waals surface area contributed by atoms with Gasteiger partial charge in [-0.1, -0.05) is 11.6 Å². The van der Waals surface area contributed by atoms with E-state index in [0.29, 0.717) is 9.92 Å². The predicted molar refractivity (Wildman–Crippen MR) is 116 cm³/mol. The second-order valence-corrected chi connectivity index (χ2v) is 10.6. The molecule has 6 nitrogen and oxygen atoms in total. The van der Waals surface area contributed by atoms with Crippen LogP contribution in [0.4, 0.5) is 11.6 Å². The summed E-state index contributed by atoms with van der Waals surface area (Å²) < 4.78 is 23.3. The topological polar surface area (TPSA) is 66.4 Å². The van der Waals surface area contributed by atoms with Crippen LogP contribution in [-0.4, -0.2) is 50.8 Å². The molecule has 0 atom stereocenters. The molecular formula is C21H27ClN4O2S. The van der Waals surface area contributed by atoms with Gasteiger partial charge in [0.2, 0.25) is 5.95 Å². The molecule has 0 radical (unpaired) electrons. The zero-order valence-corrected chi connectivity index (χ0v) is 18.2. The highest BCUT2D eigenvalue weighted by Gasteiger charge is 2.30. The van der Waals surface area contributed by atoms with E-state index in [2.05, 4.69) is 19.8 Å². The van der Waals surface area contributed by atoms with E-state index in [0.717, 1.165) is 49.7 Å². The van der Waals surface area contributed by atoms with Crippen LogP contribution in [0.5, 0.6) is 0 Å². The molecule has 2 fully saturated rings. The number of sulfone groups is 1. The first-order chi connectivity index (χ1) is 13.9. The summed E-state index contributed by atoms with van der Waals surface area (Å²) >= 11 is 5.88. The van der Waals surface area contributed by atoms with Crippen LogP contribution in [0.1, 0.15) is 25.7 Å². The lowest BCUT2D eigenvalue weighted by molar-refractivity contribution is 0.232. The molecule has 1 aromatic heterocycles. The largest absolute Gasteiger partial charge is 0.372 e. The Bertz CT molecular complexity index is 918. The molecule has 2 aliphatic rings. The van der Waals surface area contributed by atoms with Gasteiger partial charge in [0, 0.05) is 38.1 Å². The van der Waals surface area contributed by atoms with Crippen molar-refractivity contribution in [2.24, 2.45) is 11.8 Å². The summed E-state index contributed by atoms with van der Waals surface area (Å²) in [5.41, 5.74) is 1.12. The Morgan fingerprint density at radius 2 is 1.34 bits per heavy atom. The van der Waals surface area contributed by atoms with Gasteiger partial charge in [0.25, 0.3) is 0 Å². The van der Waals surface area contributed by atoms with E-state index in [4.69, 9.17) is 11.6 Å². The van der Waals surface area contributed by atoms with Gasteiger partial charge in [-0.25, -0.2) is 18.4 Å². The minimum atomic E-state index is -3.14. The van der Waals surface area contributed by atoms with Crippen molar-refractivity contribution in [2.75, 3.05) is 42.2 Å². The van der Waals surface area contributed by atoms with Crippen LogP contribution in [0, 0.1) is 11.8 Å². The molecule has 4 rings (SSSR count). The van der Waals surface area contributed by atoms with Crippen LogP contribution in [0.3, 0.4) is 0 Å². The molecule has 0 saturated carbocycles. The molecule has 8 heteroatoms. The van der Waals surface area contributed by atoms with Crippen LogP contribution in [0.2, 0.25) is 5.02 Å². The van der Waals surface area contributed by atoms with Crippen LogP contribution in [-0.2, 0) is 9.84 Å². The summed E-state index contributed by atoms with van der Waals surface area (Å²) in [6.07, 6.45) is 9.31. The number of rotatable bonds is 4. The maximum atomic E-state index is 11.6. The fraction of sp³-hybridized carbons (Fsp3) is 0.524. The standard InChI is InChI=1S/C21H27ClN4O2S/c1-29(27,28)20-4-2-19(3-5-20)25-10-6-16(7-11-25)17-8-12-26(13-9-17)21-23-14-18(22)15-24-21/h2-5,14-17H,6-13H2,1H3. The number of piperidine rings is 2. The summed E-state index contributed by atoms with van der Waals surface area (Å²) in [6.45, 7) is 4.06. The zero-order chi connectivity index (χ0) is 20.4. The van der Waals surface area contributed by atoms with Crippen LogP contribution in [0.25, 0.3) is 0 Å². The first kappa shape index (κ1) is 20.4. The van der Waals surface area contributed by atoms with Crippen molar-refractivity contribution in [2.45, 2.75) is 30.6 Å². The molecule has 2 saturated heterocycles. The van der Waals surface area contributed by atoms with E-state index in [1.54, 1.807) is 24.5 Å². The Hall–Kier alpha value is -1.86. The Labute approximate surface area is 177 Å². The zero-order valence-electron chi connectivity index (χ0n) is 16.7. The molecule has 0 N–H and O–H groups in total. The maximum absolute atomic E-state index is 11.6.